The molecule has 4 heterocycles. The van der Waals surface area contributed by atoms with Crippen LogP contribution in [0.15, 0.2) is 53.6 Å². The molecule has 0 aliphatic carbocycles. The number of pyridine rings is 1. The molecule has 210 valence electrons. The fourth-order valence-electron chi connectivity index (χ4n) is 4.20. The Morgan fingerprint density at radius 3 is 2.48 bits per heavy atom. The Morgan fingerprint density at radius 2 is 1.82 bits per heavy atom. The quantitative estimate of drug-likeness (QED) is 0.320. The van der Waals surface area contributed by atoms with Crippen LogP contribution in [0.3, 0.4) is 0 Å². The third kappa shape index (κ3) is 6.08. The summed E-state index contributed by atoms with van der Waals surface area (Å²) < 4.78 is 36.2. The zero-order chi connectivity index (χ0) is 28.7. The van der Waals surface area contributed by atoms with Gasteiger partial charge in [0.15, 0.2) is 21.5 Å². The molecule has 0 atom stereocenters. The number of rotatable bonds is 5. The van der Waals surface area contributed by atoms with Gasteiger partial charge in [0, 0.05) is 43.0 Å². The molecule has 40 heavy (non-hydrogen) atoms. The van der Waals surface area contributed by atoms with E-state index in [2.05, 4.69) is 9.88 Å². The summed E-state index contributed by atoms with van der Waals surface area (Å²) in [5, 5.41) is 0. The minimum absolute atomic E-state index is 0.269. The first kappa shape index (κ1) is 27.9. The first-order valence-corrected chi connectivity index (χ1v) is 15.5. The van der Waals surface area contributed by atoms with Gasteiger partial charge in [-0.15, -0.1) is 11.3 Å². The molecular weight excluding hydrogens is 550 g/mol. The Labute approximate surface area is 237 Å². The van der Waals surface area contributed by atoms with E-state index in [9.17, 15) is 13.2 Å². The molecule has 1 amide bonds. The molecule has 0 N–H and O–H groups in total. The third-order valence-corrected chi connectivity index (χ3v) is 8.51. The van der Waals surface area contributed by atoms with Crippen LogP contribution in [0.5, 0.6) is 0 Å². The molecule has 0 radical (unpaired) electrons. The summed E-state index contributed by atoms with van der Waals surface area (Å²) in [6, 6.07) is 12.5. The van der Waals surface area contributed by atoms with E-state index in [4.69, 9.17) is 19.4 Å². The maximum atomic E-state index is 12.5. The molecule has 0 spiro atoms. The van der Waals surface area contributed by atoms with Gasteiger partial charge in [0.05, 0.1) is 28.3 Å². The minimum atomic E-state index is -3.34. The predicted molar refractivity (Wildman–Crippen MR) is 157 cm³/mol. The normalized spacial score (nSPS) is 14.4. The Kier molecular flexibility index (Phi) is 7.51. The smallest absolute Gasteiger partial charge is 0.415 e. The zero-order valence-electron chi connectivity index (χ0n) is 23.0. The van der Waals surface area contributed by atoms with Crippen LogP contribution in [0.1, 0.15) is 20.8 Å². The molecule has 10 nitrogen and oxygen atoms in total. The van der Waals surface area contributed by atoms with Crippen LogP contribution in [0.4, 0.5) is 16.4 Å². The molecule has 1 aliphatic heterocycles. The van der Waals surface area contributed by atoms with Crippen LogP contribution in [0.25, 0.3) is 32.0 Å². The molecule has 1 fully saturated rings. The number of carbonyl (C=O) groups is 1. The van der Waals surface area contributed by atoms with Gasteiger partial charge < -0.3 is 14.4 Å². The average Bonchev–Trinajstić information content (AvgIpc) is 3.36. The number of benzene rings is 1. The summed E-state index contributed by atoms with van der Waals surface area (Å²) in [5.41, 5.74) is 1.64. The SMILES string of the molecule is CN(C(=O)OC(C)(C)C)c1ccc(-c2nc(N3CCOCC3)c3sc(-c4cccc(S(C)(=O)=O)c4)cc3n2)cn1. The second-order valence-corrected chi connectivity index (χ2v) is 13.6. The van der Waals surface area contributed by atoms with Crippen molar-refractivity contribution in [2.75, 3.05) is 49.4 Å². The van der Waals surface area contributed by atoms with Crippen molar-refractivity contribution in [3.8, 4) is 21.8 Å². The maximum Gasteiger partial charge on any atom is 0.415 e. The van der Waals surface area contributed by atoms with E-state index in [1.54, 1.807) is 37.5 Å². The van der Waals surface area contributed by atoms with Crippen molar-refractivity contribution < 1.29 is 22.7 Å². The van der Waals surface area contributed by atoms with Crippen LogP contribution in [-0.4, -0.2) is 74.7 Å². The van der Waals surface area contributed by atoms with Gasteiger partial charge in [-0.25, -0.2) is 28.2 Å². The predicted octanol–water partition coefficient (Wildman–Crippen LogP) is 5.03. The molecule has 5 rings (SSSR count). The molecule has 1 aliphatic rings. The van der Waals surface area contributed by atoms with E-state index in [0.29, 0.717) is 43.5 Å². The van der Waals surface area contributed by atoms with Crippen molar-refractivity contribution in [2.45, 2.75) is 31.3 Å². The fraction of sp³-hybridized carbons (Fsp3) is 0.357. The fourth-order valence-corrected chi connectivity index (χ4v) is 5.97. The Hall–Kier alpha value is -3.61. The molecule has 4 aromatic rings. The van der Waals surface area contributed by atoms with Crippen molar-refractivity contribution >= 4 is 49.1 Å². The van der Waals surface area contributed by atoms with Crippen molar-refractivity contribution in [3.05, 3.63) is 48.7 Å². The number of hydrogen-bond acceptors (Lipinski definition) is 10. The van der Waals surface area contributed by atoms with Crippen LogP contribution < -0.4 is 9.80 Å². The van der Waals surface area contributed by atoms with Crippen LogP contribution in [0.2, 0.25) is 0 Å². The number of fused-ring (bicyclic) bond motifs is 1. The van der Waals surface area contributed by atoms with Crippen molar-refractivity contribution in [2.24, 2.45) is 0 Å². The minimum Gasteiger partial charge on any atom is -0.443 e. The third-order valence-electron chi connectivity index (χ3n) is 6.23. The lowest BCUT2D eigenvalue weighted by molar-refractivity contribution is 0.0588. The van der Waals surface area contributed by atoms with E-state index in [0.717, 1.165) is 26.5 Å². The van der Waals surface area contributed by atoms with Crippen LogP contribution in [-0.2, 0) is 19.3 Å². The number of morpholine rings is 1. The number of anilines is 2. The second-order valence-electron chi connectivity index (χ2n) is 10.5. The van der Waals surface area contributed by atoms with Gasteiger partial charge in [-0.05, 0) is 56.7 Å². The van der Waals surface area contributed by atoms with E-state index in [1.165, 1.54) is 22.5 Å². The zero-order valence-corrected chi connectivity index (χ0v) is 24.7. The number of nitrogens with zero attached hydrogens (tertiary/aromatic N) is 5. The van der Waals surface area contributed by atoms with Crippen LogP contribution >= 0.6 is 11.3 Å². The lowest BCUT2D eigenvalue weighted by Crippen LogP contribution is -2.36. The van der Waals surface area contributed by atoms with Gasteiger partial charge in [0.25, 0.3) is 0 Å². The monoisotopic (exact) mass is 581 g/mol. The topological polar surface area (TPSA) is 115 Å². The maximum absolute atomic E-state index is 12.5. The lowest BCUT2D eigenvalue weighted by Gasteiger charge is -2.28. The summed E-state index contributed by atoms with van der Waals surface area (Å²) >= 11 is 1.53. The highest BCUT2D eigenvalue weighted by Crippen LogP contribution is 2.39. The molecule has 0 unspecified atom stereocenters. The van der Waals surface area contributed by atoms with E-state index in [-0.39, 0.29) is 4.90 Å². The summed E-state index contributed by atoms with van der Waals surface area (Å²) in [5.74, 6) is 1.74. The molecule has 1 saturated heterocycles. The standard InChI is InChI=1S/C28H31N5O5S2/c1-28(2,3)38-27(34)32(4)23-10-9-19(17-29-23)25-30-21-16-22(18-7-6-8-20(15-18)40(5,35)36)39-24(21)26(31-25)33-11-13-37-14-12-33/h6-10,15-17H,11-14H2,1-5H3. The van der Waals surface area contributed by atoms with E-state index in [1.807, 2.05) is 39.0 Å². The molecule has 3 aromatic heterocycles. The largest absolute Gasteiger partial charge is 0.443 e. The summed E-state index contributed by atoms with van der Waals surface area (Å²) in [4.78, 5) is 31.4. The van der Waals surface area contributed by atoms with Gasteiger partial charge in [-0.1, -0.05) is 12.1 Å². The van der Waals surface area contributed by atoms with Crippen molar-refractivity contribution in [1.29, 1.82) is 0 Å². The summed E-state index contributed by atoms with van der Waals surface area (Å²) in [6.07, 6.45) is 2.35. The van der Waals surface area contributed by atoms with Crippen LogP contribution in [0, 0.1) is 0 Å². The molecule has 0 bridgehead atoms. The Balaban J connectivity index is 1.54. The lowest BCUT2D eigenvalue weighted by atomic mass is 10.2. The summed E-state index contributed by atoms with van der Waals surface area (Å²) in [6.45, 7) is 8.03. The Bertz CT molecular complexity index is 1660. The first-order valence-electron chi connectivity index (χ1n) is 12.8. The van der Waals surface area contributed by atoms with Gasteiger partial charge in [0.1, 0.15) is 11.4 Å². The van der Waals surface area contributed by atoms with E-state index >= 15 is 0 Å². The summed E-state index contributed by atoms with van der Waals surface area (Å²) in [7, 11) is -1.73. The number of sulfone groups is 1. The van der Waals surface area contributed by atoms with Gasteiger partial charge in [-0.2, -0.15) is 0 Å². The highest BCUT2D eigenvalue weighted by atomic mass is 32.2. The highest BCUT2D eigenvalue weighted by molar-refractivity contribution is 7.90. The average molecular weight is 582 g/mol. The number of amides is 1. The number of ether oxygens (including phenoxy) is 2. The number of carbonyl (C=O) groups excluding carboxylic acids is 1. The first-order chi connectivity index (χ1) is 18.9. The number of hydrogen-bond donors (Lipinski definition) is 0. The number of thiophene rings is 1. The van der Waals surface area contributed by atoms with Gasteiger partial charge in [0.2, 0.25) is 0 Å². The van der Waals surface area contributed by atoms with Gasteiger partial charge in [-0.3, -0.25) is 4.90 Å². The molecule has 12 heteroatoms. The van der Waals surface area contributed by atoms with Crippen molar-refractivity contribution in [1.82, 2.24) is 15.0 Å². The molecular formula is C28H31N5O5S2. The van der Waals surface area contributed by atoms with Gasteiger partial charge >= 0.3 is 6.09 Å². The molecule has 1 aromatic carbocycles. The second kappa shape index (κ2) is 10.8. The Morgan fingerprint density at radius 1 is 1.07 bits per heavy atom. The number of aromatic nitrogens is 3. The van der Waals surface area contributed by atoms with E-state index < -0.39 is 21.5 Å². The van der Waals surface area contributed by atoms with Crippen molar-refractivity contribution in [3.63, 3.8) is 0 Å². The highest BCUT2D eigenvalue weighted by Gasteiger charge is 2.23. The molecule has 0 saturated carbocycles.